The van der Waals surface area contributed by atoms with E-state index in [0.717, 1.165) is 16.7 Å². The Morgan fingerprint density at radius 1 is 1.06 bits per heavy atom. The van der Waals surface area contributed by atoms with Crippen LogP contribution in [0.15, 0.2) is 34.8 Å². The van der Waals surface area contributed by atoms with Gasteiger partial charge in [-0.25, -0.2) is 8.78 Å². The van der Waals surface area contributed by atoms with Crippen LogP contribution in [-0.2, 0) is 6.42 Å². The van der Waals surface area contributed by atoms with E-state index in [2.05, 4.69) is 15.9 Å². The molecule has 2 aromatic rings. The Kier molecular flexibility index (Phi) is 3.66. The van der Waals surface area contributed by atoms with E-state index in [4.69, 9.17) is 5.73 Å². The van der Waals surface area contributed by atoms with E-state index >= 15 is 0 Å². The fourth-order valence-corrected chi connectivity index (χ4v) is 2.30. The zero-order valence-corrected chi connectivity index (χ0v) is 11.4. The molecule has 2 rings (SSSR count). The zero-order chi connectivity index (χ0) is 13.3. The van der Waals surface area contributed by atoms with Gasteiger partial charge >= 0.3 is 0 Å². The number of benzene rings is 2. The Morgan fingerprint density at radius 2 is 1.78 bits per heavy atom. The monoisotopic (exact) mass is 311 g/mol. The fourth-order valence-electron chi connectivity index (χ4n) is 1.81. The van der Waals surface area contributed by atoms with Crippen molar-refractivity contribution in [1.29, 1.82) is 0 Å². The maximum Gasteiger partial charge on any atom is 0.125 e. The second kappa shape index (κ2) is 5.06. The van der Waals surface area contributed by atoms with Gasteiger partial charge in [-0.1, -0.05) is 22.0 Å². The van der Waals surface area contributed by atoms with Gasteiger partial charge < -0.3 is 5.73 Å². The summed E-state index contributed by atoms with van der Waals surface area (Å²) in [7, 11) is 0. The number of rotatable bonds is 2. The van der Waals surface area contributed by atoms with Crippen LogP contribution in [0.25, 0.3) is 0 Å². The molecule has 0 saturated heterocycles. The van der Waals surface area contributed by atoms with Crippen molar-refractivity contribution in [2.45, 2.75) is 13.3 Å². The summed E-state index contributed by atoms with van der Waals surface area (Å²) in [5, 5.41) is 0. The zero-order valence-electron chi connectivity index (χ0n) is 9.81. The van der Waals surface area contributed by atoms with E-state index in [1.54, 1.807) is 6.07 Å². The number of nitrogen functional groups attached to an aromatic ring is 1. The molecule has 0 fully saturated rings. The second-order valence-electron chi connectivity index (χ2n) is 4.19. The van der Waals surface area contributed by atoms with Gasteiger partial charge in [-0.05, 0) is 54.3 Å². The first-order chi connectivity index (χ1) is 8.47. The molecule has 0 aliphatic carbocycles. The molecule has 0 aliphatic heterocycles. The van der Waals surface area contributed by atoms with Crippen molar-refractivity contribution in [2.75, 3.05) is 5.73 Å². The van der Waals surface area contributed by atoms with Crippen LogP contribution < -0.4 is 5.73 Å². The number of anilines is 1. The smallest absolute Gasteiger partial charge is 0.125 e. The predicted molar refractivity (Wildman–Crippen MR) is 72.5 cm³/mol. The Balaban J connectivity index is 2.40. The Labute approximate surface area is 113 Å². The van der Waals surface area contributed by atoms with E-state index in [-0.39, 0.29) is 11.6 Å². The van der Waals surface area contributed by atoms with E-state index in [1.165, 1.54) is 24.3 Å². The summed E-state index contributed by atoms with van der Waals surface area (Å²) in [6.45, 7) is 1.85. The van der Waals surface area contributed by atoms with E-state index < -0.39 is 0 Å². The first-order valence-electron chi connectivity index (χ1n) is 5.46. The average Bonchev–Trinajstić information content (AvgIpc) is 2.29. The molecule has 2 N–H and O–H groups in total. The van der Waals surface area contributed by atoms with Crippen LogP contribution in [-0.4, -0.2) is 0 Å². The molecule has 18 heavy (non-hydrogen) atoms. The molecular weight excluding hydrogens is 300 g/mol. The van der Waals surface area contributed by atoms with E-state index in [0.29, 0.717) is 16.6 Å². The molecule has 1 nitrogen and oxygen atoms in total. The number of nitrogens with two attached hydrogens (primary N) is 1. The first kappa shape index (κ1) is 13.0. The Bertz CT molecular complexity index is 597. The van der Waals surface area contributed by atoms with Crippen LogP contribution in [0.1, 0.15) is 16.7 Å². The first-order valence-corrected chi connectivity index (χ1v) is 6.25. The molecular formula is C14H12BrF2N. The van der Waals surface area contributed by atoms with Crippen LogP contribution in [0.4, 0.5) is 14.5 Å². The van der Waals surface area contributed by atoms with Crippen molar-refractivity contribution in [1.82, 2.24) is 0 Å². The fraction of sp³-hybridized carbons (Fsp3) is 0.143. The van der Waals surface area contributed by atoms with Crippen molar-refractivity contribution in [3.63, 3.8) is 0 Å². The van der Waals surface area contributed by atoms with Gasteiger partial charge in [0.15, 0.2) is 0 Å². The Hall–Kier alpha value is -1.42. The van der Waals surface area contributed by atoms with Crippen LogP contribution >= 0.6 is 15.9 Å². The van der Waals surface area contributed by atoms with Crippen molar-refractivity contribution in [3.05, 3.63) is 63.1 Å². The van der Waals surface area contributed by atoms with Gasteiger partial charge in [0.25, 0.3) is 0 Å². The molecule has 0 heterocycles. The molecule has 94 valence electrons. The summed E-state index contributed by atoms with van der Waals surface area (Å²) in [5.74, 6) is -0.660. The largest absolute Gasteiger partial charge is 0.398 e. The topological polar surface area (TPSA) is 26.0 Å². The molecule has 0 aromatic heterocycles. The SMILES string of the molecule is Cc1c(N)cc(F)cc1Cc1ccc(F)cc1Br. The number of hydrogen-bond acceptors (Lipinski definition) is 1. The third kappa shape index (κ3) is 2.70. The normalized spacial score (nSPS) is 10.7. The van der Waals surface area contributed by atoms with Gasteiger partial charge in [0, 0.05) is 10.2 Å². The standard InChI is InChI=1S/C14H12BrF2N/c1-8-10(5-12(17)7-14(8)18)4-9-2-3-11(16)6-13(9)15/h2-3,5-7H,4,18H2,1H3. The van der Waals surface area contributed by atoms with Crippen LogP contribution in [0.5, 0.6) is 0 Å². The summed E-state index contributed by atoms with van der Waals surface area (Å²) < 4.78 is 27.0. The third-order valence-corrected chi connectivity index (χ3v) is 3.65. The van der Waals surface area contributed by atoms with Gasteiger partial charge in [-0.2, -0.15) is 0 Å². The summed E-state index contributed by atoms with van der Waals surface area (Å²) in [4.78, 5) is 0. The highest BCUT2D eigenvalue weighted by atomic mass is 79.9. The molecule has 0 spiro atoms. The van der Waals surface area contributed by atoms with Gasteiger partial charge in [-0.3, -0.25) is 0 Å². The second-order valence-corrected chi connectivity index (χ2v) is 5.05. The van der Waals surface area contributed by atoms with Crippen molar-refractivity contribution in [3.8, 4) is 0 Å². The van der Waals surface area contributed by atoms with Crippen molar-refractivity contribution >= 4 is 21.6 Å². The van der Waals surface area contributed by atoms with Gasteiger partial charge in [0.1, 0.15) is 11.6 Å². The molecule has 0 amide bonds. The summed E-state index contributed by atoms with van der Waals surface area (Å²) in [6, 6.07) is 7.23. The summed E-state index contributed by atoms with van der Waals surface area (Å²) in [6.07, 6.45) is 0.509. The molecule has 0 saturated carbocycles. The van der Waals surface area contributed by atoms with E-state index in [9.17, 15) is 8.78 Å². The quantitative estimate of drug-likeness (QED) is 0.826. The highest BCUT2D eigenvalue weighted by Crippen LogP contribution is 2.25. The summed E-state index contributed by atoms with van der Waals surface area (Å²) in [5.41, 5.74) is 8.71. The number of halogens is 3. The Morgan fingerprint density at radius 3 is 2.44 bits per heavy atom. The maximum atomic E-state index is 13.3. The van der Waals surface area contributed by atoms with Gasteiger partial charge in [0.05, 0.1) is 0 Å². The lowest BCUT2D eigenvalue weighted by Gasteiger charge is -2.10. The van der Waals surface area contributed by atoms with Crippen molar-refractivity contribution < 1.29 is 8.78 Å². The van der Waals surface area contributed by atoms with Crippen LogP contribution in [0, 0.1) is 18.6 Å². The lowest BCUT2D eigenvalue weighted by atomic mass is 9.99. The minimum absolute atomic E-state index is 0.305. The lowest BCUT2D eigenvalue weighted by molar-refractivity contribution is 0.624. The van der Waals surface area contributed by atoms with Crippen molar-refractivity contribution in [2.24, 2.45) is 0 Å². The van der Waals surface area contributed by atoms with Crippen LogP contribution in [0.2, 0.25) is 0 Å². The molecule has 4 heteroatoms. The molecule has 0 atom stereocenters. The lowest BCUT2D eigenvalue weighted by Crippen LogP contribution is -1.99. The van der Waals surface area contributed by atoms with Gasteiger partial charge in [0.2, 0.25) is 0 Å². The number of hydrogen-bond donors (Lipinski definition) is 1. The van der Waals surface area contributed by atoms with Gasteiger partial charge in [-0.15, -0.1) is 0 Å². The average molecular weight is 312 g/mol. The van der Waals surface area contributed by atoms with Crippen LogP contribution in [0.3, 0.4) is 0 Å². The highest BCUT2D eigenvalue weighted by Gasteiger charge is 2.08. The highest BCUT2D eigenvalue weighted by molar-refractivity contribution is 9.10. The summed E-state index contributed by atoms with van der Waals surface area (Å²) >= 11 is 3.30. The molecule has 2 aromatic carbocycles. The van der Waals surface area contributed by atoms with E-state index in [1.807, 2.05) is 6.92 Å². The minimum Gasteiger partial charge on any atom is -0.398 e. The third-order valence-electron chi connectivity index (χ3n) is 2.92. The molecule has 0 radical (unpaired) electrons. The maximum absolute atomic E-state index is 13.3. The molecule has 0 bridgehead atoms. The minimum atomic E-state index is -0.355. The molecule has 0 unspecified atom stereocenters. The predicted octanol–water partition coefficient (Wildman–Crippen LogP) is 4.21. The molecule has 0 aliphatic rings.